The fraction of sp³-hybridized carbons (Fsp3) is 0.375. The highest BCUT2D eigenvalue weighted by Crippen LogP contribution is 2.32. The van der Waals surface area contributed by atoms with E-state index in [0.717, 1.165) is 0 Å². The molecule has 1 rings (SSSR count). The standard InChI is InChI=1S/C8H6F5NO2/c9-7(10)16-6-1-4(8(11,12)13)2-14-5(6)3-15/h1-2,7,15H,3H2. The zero-order valence-corrected chi connectivity index (χ0v) is 7.63. The summed E-state index contributed by atoms with van der Waals surface area (Å²) in [6, 6.07) is 0.366. The molecule has 0 fully saturated rings. The van der Waals surface area contributed by atoms with E-state index in [4.69, 9.17) is 5.11 Å². The first-order chi connectivity index (χ1) is 7.34. The normalized spacial score (nSPS) is 11.9. The molecule has 0 aromatic carbocycles. The number of halogens is 5. The molecule has 1 N–H and O–H groups in total. The lowest BCUT2D eigenvalue weighted by Crippen LogP contribution is -2.10. The molecule has 0 aliphatic rings. The Morgan fingerprint density at radius 1 is 1.38 bits per heavy atom. The van der Waals surface area contributed by atoms with E-state index in [-0.39, 0.29) is 5.69 Å². The Balaban J connectivity index is 3.11. The summed E-state index contributed by atoms with van der Waals surface area (Å²) in [5.41, 5.74) is -1.60. The second-order valence-electron chi connectivity index (χ2n) is 2.70. The van der Waals surface area contributed by atoms with E-state index >= 15 is 0 Å². The SMILES string of the molecule is OCc1ncc(C(F)(F)F)cc1OC(F)F. The Morgan fingerprint density at radius 2 is 2.00 bits per heavy atom. The molecule has 0 saturated carbocycles. The molecule has 0 amide bonds. The first-order valence-corrected chi connectivity index (χ1v) is 3.96. The second kappa shape index (κ2) is 4.60. The fourth-order valence-electron chi connectivity index (χ4n) is 0.945. The number of aromatic nitrogens is 1. The number of pyridine rings is 1. The number of alkyl halides is 5. The van der Waals surface area contributed by atoms with Gasteiger partial charge in [-0.15, -0.1) is 0 Å². The van der Waals surface area contributed by atoms with Crippen LogP contribution in [-0.2, 0) is 12.8 Å². The van der Waals surface area contributed by atoms with Gasteiger partial charge in [-0.3, -0.25) is 4.98 Å². The van der Waals surface area contributed by atoms with Crippen molar-refractivity contribution in [2.24, 2.45) is 0 Å². The first-order valence-electron chi connectivity index (χ1n) is 3.96. The third-order valence-corrected chi connectivity index (χ3v) is 1.62. The summed E-state index contributed by atoms with van der Waals surface area (Å²) >= 11 is 0. The summed E-state index contributed by atoms with van der Waals surface area (Å²) in [6.45, 7) is -4.07. The van der Waals surface area contributed by atoms with Crippen molar-refractivity contribution < 1.29 is 31.8 Å². The maximum Gasteiger partial charge on any atom is 0.418 e. The minimum absolute atomic E-state index is 0.366. The van der Waals surface area contributed by atoms with E-state index in [9.17, 15) is 22.0 Å². The molecule has 0 atom stereocenters. The van der Waals surface area contributed by atoms with Gasteiger partial charge in [0.25, 0.3) is 0 Å². The van der Waals surface area contributed by atoms with Crippen molar-refractivity contribution in [2.75, 3.05) is 0 Å². The molecule has 0 aliphatic carbocycles. The number of hydrogen-bond donors (Lipinski definition) is 1. The number of aliphatic hydroxyl groups excluding tert-OH is 1. The van der Waals surface area contributed by atoms with Gasteiger partial charge in [0, 0.05) is 6.20 Å². The third kappa shape index (κ3) is 3.02. The van der Waals surface area contributed by atoms with Crippen molar-refractivity contribution in [1.29, 1.82) is 0 Å². The van der Waals surface area contributed by atoms with Crippen LogP contribution in [-0.4, -0.2) is 16.7 Å². The van der Waals surface area contributed by atoms with Crippen molar-refractivity contribution in [3.8, 4) is 5.75 Å². The lowest BCUT2D eigenvalue weighted by Gasteiger charge is -2.11. The van der Waals surface area contributed by atoms with E-state index in [1.165, 1.54) is 0 Å². The molecular formula is C8H6F5NO2. The topological polar surface area (TPSA) is 42.4 Å². The largest absolute Gasteiger partial charge is 0.433 e. The van der Waals surface area contributed by atoms with Crippen LogP contribution < -0.4 is 4.74 Å². The minimum Gasteiger partial charge on any atom is -0.433 e. The van der Waals surface area contributed by atoms with Gasteiger partial charge < -0.3 is 9.84 Å². The number of ether oxygens (including phenoxy) is 1. The summed E-state index contributed by atoms with van der Waals surface area (Å²) in [6.07, 6.45) is -4.27. The molecule has 0 saturated heterocycles. The summed E-state index contributed by atoms with van der Waals surface area (Å²) in [4.78, 5) is 3.19. The summed E-state index contributed by atoms with van der Waals surface area (Å²) in [7, 11) is 0. The Kier molecular flexibility index (Phi) is 3.63. The molecule has 90 valence electrons. The van der Waals surface area contributed by atoms with Crippen LogP contribution in [0.2, 0.25) is 0 Å². The van der Waals surface area contributed by atoms with Crippen molar-refractivity contribution in [1.82, 2.24) is 4.98 Å². The Hall–Kier alpha value is -1.44. The van der Waals surface area contributed by atoms with Gasteiger partial charge in [-0.1, -0.05) is 0 Å². The molecule has 3 nitrogen and oxygen atoms in total. The Labute approximate surface area is 86.5 Å². The van der Waals surface area contributed by atoms with E-state index in [1.54, 1.807) is 0 Å². The molecule has 0 spiro atoms. The quantitative estimate of drug-likeness (QED) is 0.827. The van der Waals surface area contributed by atoms with Crippen LogP contribution in [0.3, 0.4) is 0 Å². The van der Waals surface area contributed by atoms with Gasteiger partial charge in [0.1, 0.15) is 5.69 Å². The number of hydrogen-bond acceptors (Lipinski definition) is 3. The van der Waals surface area contributed by atoms with Crippen LogP contribution >= 0.6 is 0 Å². The molecule has 0 radical (unpaired) electrons. The fourth-order valence-corrected chi connectivity index (χ4v) is 0.945. The predicted molar refractivity (Wildman–Crippen MR) is 41.8 cm³/mol. The molecule has 1 heterocycles. The van der Waals surface area contributed by atoms with Crippen LogP contribution in [0, 0.1) is 0 Å². The number of nitrogens with zero attached hydrogens (tertiary/aromatic N) is 1. The molecule has 0 aliphatic heterocycles. The average Bonchev–Trinajstić information content (AvgIpc) is 2.15. The van der Waals surface area contributed by atoms with E-state index in [0.29, 0.717) is 12.3 Å². The third-order valence-electron chi connectivity index (χ3n) is 1.62. The zero-order chi connectivity index (χ0) is 12.3. The minimum atomic E-state index is -4.71. The monoisotopic (exact) mass is 243 g/mol. The lowest BCUT2D eigenvalue weighted by atomic mass is 10.2. The summed E-state index contributed by atoms with van der Waals surface area (Å²) in [5.74, 6) is -0.785. The van der Waals surface area contributed by atoms with Crippen molar-refractivity contribution in [3.05, 3.63) is 23.5 Å². The Morgan fingerprint density at radius 3 is 2.44 bits per heavy atom. The highest BCUT2D eigenvalue weighted by molar-refractivity contribution is 5.32. The highest BCUT2D eigenvalue weighted by Gasteiger charge is 2.32. The van der Waals surface area contributed by atoms with Gasteiger partial charge >= 0.3 is 12.8 Å². The van der Waals surface area contributed by atoms with Gasteiger partial charge in [0.2, 0.25) is 0 Å². The van der Waals surface area contributed by atoms with Gasteiger partial charge in [0.05, 0.1) is 12.2 Å². The maximum atomic E-state index is 12.2. The van der Waals surface area contributed by atoms with Gasteiger partial charge in [-0.05, 0) is 6.07 Å². The van der Waals surface area contributed by atoms with Gasteiger partial charge in [-0.2, -0.15) is 22.0 Å². The summed E-state index contributed by atoms with van der Waals surface area (Å²) < 4.78 is 64.1. The van der Waals surface area contributed by atoms with E-state index in [2.05, 4.69) is 9.72 Å². The summed E-state index contributed by atoms with van der Waals surface area (Å²) in [5, 5.41) is 8.66. The molecule has 1 aromatic heterocycles. The number of aliphatic hydroxyl groups is 1. The van der Waals surface area contributed by atoms with E-state index in [1.807, 2.05) is 0 Å². The molecule has 1 aromatic rings. The van der Waals surface area contributed by atoms with Crippen LogP contribution in [0.15, 0.2) is 12.3 Å². The highest BCUT2D eigenvalue weighted by atomic mass is 19.4. The number of rotatable bonds is 3. The van der Waals surface area contributed by atoms with Gasteiger partial charge in [-0.25, -0.2) is 0 Å². The van der Waals surface area contributed by atoms with Crippen LogP contribution in [0.4, 0.5) is 22.0 Å². The van der Waals surface area contributed by atoms with Crippen LogP contribution in [0.5, 0.6) is 5.75 Å². The van der Waals surface area contributed by atoms with Crippen LogP contribution in [0.1, 0.15) is 11.3 Å². The molecule has 0 bridgehead atoms. The van der Waals surface area contributed by atoms with Crippen LogP contribution in [0.25, 0.3) is 0 Å². The molecule has 0 unspecified atom stereocenters. The van der Waals surface area contributed by atoms with Crippen molar-refractivity contribution >= 4 is 0 Å². The molecular weight excluding hydrogens is 237 g/mol. The van der Waals surface area contributed by atoms with Crippen molar-refractivity contribution in [2.45, 2.75) is 19.4 Å². The first kappa shape index (κ1) is 12.6. The smallest absolute Gasteiger partial charge is 0.418 e. The lowest BCUT2D eigenvalue weighted by molar-refractivity contribution is -0.138. The van der Waals surface area contributed by atoms with Gasteiger partial charge in [0.15, 0.2) is 5.75 Å². The molecule has 16 heavy (non-hydrogen) atoms. The average molecular weight is 243 g/mol. The maximum absolute atomic E-state index is 12.2. The van der Waals surface area contributed by atoms with E-state index < -0.39 is 30.7 Å². The second-order valence-corrected chi connectivity index (χ2v) is 2.70. The molecule has 8 heteroatoms. The van der Waals surface area contributed by atoms with Crippen molar-refractivity contribution in [3.63, 3.8) is 0 Å². The predicted octanol–water partition coefficient (Wildman–Crippen LogP) is 2.19. The Bertz CT molecular complexity index is 366. The zero-order valence-electron chi connectivity index (χ0n) is 7.63.